The lowest BCUT2D eigenvalue weighted by atomic mass is 10.0. The van der Waals surface area contributed by atoms with Crippen molar-refractivity contribution in [3.63, 3.8) is 0 Å². The number of aliphatic hydroxyl groups is 2. The van der Waals surface area contributed by atoms with Crippen molar-refractivity contribution in [2.75, 3.05) is 25.6 Å². The number of rotatable bonds is 38. The molecule has 9 atom stereocenters. The van der Waals surface area contributed by atoms with Gasteiger partial charge in [-0.15, -0.1) is 0 Å². The van der Waals surface area contributed by atoms with E-state index in [1.165, 1.54) is 57.4 Å². The summed E-state index contributed by atoms with van der Waals surface area (Å²) in [5.74, 6) is -0.645. The first-order chi connectivity index (χ1) is 32.5. The number of carbonyl (C=O) groups is 2. The molecule has 1 aromatic heterocycles. The summed E-state index contributed by atoms with van der Waals surface area (Å²) in [5.41, 5.74) is 4.58. The molecule has 2 saturated heterocycles. The van der Waals surface area contributed by atoms with E-state index in [9.17, 15) is 43.5 Å². The van der Waals surface area contributed by atoms with Crippen LogP contribution in [0.3, 0.4) is 0 Å². The van der Waals surface area contributed by atoms with Crippen LogP contribution >= 0.6 is 15.6 Å². The number of allylic oxidation sites excluding steroid dienone is 4. The van der Waals surface area contributed by atoms with Crippen LogP contribution in [0.15, 0.2) is 53.5 Å². The Labute approximate surface area is 402 Å². The van der Waals surface area contributed by atoms with E-state index in [1.807, 2.05) is 12.2 Å². The molecule has 0 radical (unpaired) electrons. The molecule has 0 aliphatic carbocycles. The number of unbranched alkanes of at least 4 members (excludes halogenated alkanes) is 12. The quantitative estimate of drug-likeness (QED) is 0.0137. The maximum Gasteiger partial charge on any atom is 0.481 e. The van der Waals surface area contributed by atoms with Crippen molar-refractivity contribution in [2.24, 2.45) is 5.92 Å². The first-order valence-electron chi connectivity index (χ1n) is 24.5. The second-order valence-electron chi connectivity index (χ2n) is 17.8. The van der Waals surface area contributed by atoms with E-state index in [2.05, 4.69) is 54.4 Å². The number of aliphatic hydroxyl groups excluding tert-OH is 2. The van der Waals surface area contributed by atoms with Crippen molar-refractivity contribution in [3.05, 3.63) is 59.2 Å². The van der Waals surface area contributed by atoms with Gasteiger partial charge in [0.05, 0.1) is 25.4 Å². The number of hydrogen-bond donors (Lipinski definition) is 5. The highest BCUT2D eigenvalue weighted by atomic mass is 31.3. The maximum atomic E-state index is 12.8. The number of esters is 2. The van der Waals surface area contributed by atoms with Gasteiger partial charge >= 0.3 is 33.3 Å². The topological polar surface area (TPSA) is 278 Å². The minimum absolute atomic E-state index is 0.0357. The normalized spacial score (nSPS) is 22.8. The molecule has 2 aliphatic heterocycles. The van der Waals surface area contributed by atoms with Gasteiger partial charge in [-0.25, -0.2) is 13.9 Å². The monoisotopic (exact) mass is 1000 g/mol. The van der Waals surface area contributed by atoms with Crippen LogP contribution in [-0.4, -0.2) is 97.9 Å². The largest absolute Gasteiger partial charge is 0.481 e. The number of ether oxygens (including phenoxy) is 4. The van der Waals surface area contributed by atoms with Gasteiger partial charge in [-0.05, 0) is 63.4 Å². The minimum atomic E-state index is -5.43. The highest BCUT2D eigenvalue weighted by Crippen LogP contribution is 2.60. The van der Waals surface area contributed by atoms with Gasteiger partial charge in [-0.3, -0.25) is 23.2 Å². The van der Waals surface area contributed by atoms with Crippen molar-refractivity contribution < 1.29 is 71.0 Å². The molecule has 0 spiro atoms. The molecule has 0 amide bonds. The standard InChI is InChI=1S/C47H79N3O16P2/c1-4-5-6-7-17-22-27-38-39(64-38)28-23-18-13-11-15-19-24-29-42(51)60-33-37(63-43(52)30-25-20-14-10-8-9-12-16-21-26-36(2)3)34-61-67(56,57)66-68(58,59)62-35-40-44(53)45(54)46(65-40)50-32-31-41(48)49-47(50)55/h11,15,17-18,22-23,31-32,36-40,44-46,53-54H,4-10,12-14,16,19-21,24-30,33-35H2,1-3H3,(H,56,57)(H,58,59)(H2,48,49,55)/b15-11-,22-17-,23-18-/t37-,38?,39?,40-,44-,45-,46-/m1/s1. The van der Waals surface area contributed by atoms with Crippen LogP contribution in [-0.2, 0) is 51.0 Å². The summed E-state index contributed by atoms with van der Waals surface area (Å²) in [6.07, 6.45) is 25.7. The summed E-state index contributed by atoms with van der Waals surface area (Å²) in [6, 6.07) is 1.24. The summed E-state index contributed by atoms with van der Waals surface area (Å²) < 4.78 is 62.4. The average molecular weight is 1000 g/mol. The number of phosphoric ester groups is 2. The Kier molecular flexibility index (Phi) is 28.5. The molecule has 68 heavy (non-hydrogen) atoms. The molecule has 0 aromatic carbocycles. The van der Waals surface area contributed by atoms with Gasteiger partial charge in [0.1, 0.15) is 30.7 Å². The van der Waals surface area contributed by atoms with Crippen LogP contribution in [0.4, 0.5) is 5.82 Å². The zero-order valence-corrected chi connectivity index (χ0v) is 42.1. The molecule has 388 valence electrons. The number of aromatic nitrogens is 2. The van der Waals surface area contributed by atoms with Gasteiger partial charge in [0.15, 0.2) is 12.3 Å². The fourth-order valence-corrected chi connectivity index (χ4v) is 9.47. The van der Waals surface area contributed by atoms with Gasteiger partial charge in [0.25, 0.3) is 0 Å². The Hall–Kier alpha value is -3.06. The zero-order valence-electron chi connectivity index (χ0n) is 40.3. The number of nitrogen functional groups attached to an aromatic ring is 1. The molecule has 2 aliphatic rings. The Morgan fingerprint density at radius 2 is 1.37 bits per heavy atom. The predicted molar refractivity (Wildman–Crippen MR) is 256 cm³/mol. The first kappa shape index (κ1) is 59.2. The van der Waals surface area contributed by atoms with E-state index >= 15 is 0 Å². The molecule has 4 unspecified atom stereocenters. The molecule has 3 heterocycles. The van der Waals surface area contributed by atoms with E-state index < -0.39 is 83.7 Å². The highest BCUT2D eigenvalue weighted by molar-refractivity contribution is 7.61. The van der Waals surface area contributed by atoms with Gasteiger partial charge in [0.2, 0.25) is 0 Å². The number of phosphoric acid groups is 2. The number of carbonyl (C=O) groups excluding carboxylic acids is 2. The van der Waals surface area contributed by atoms with E-state index in [0.717, 1.165) is 68.0 Å². The van der Waals surface area contributed by atoms with Crippen LogP contribution in [0, 0.1) is 5.92 Å². The summed E-state index contributed by atoms with van der Waals surface area (Å²) in [6.45, 7) is 4.31. The number of nitrogens with zero attached hydrogens (tertiary/aromatic N) is 2. The van der Waals surface area contributed by atoms with Crippen molar-refractivity contribution >= 4 is 33.4 Å². The van der Waals surface area contributed by atoms with Gasteiger partial charge in [-0.1, -0.05) is 128 Å². The zero-order chi connectivity index (χ0) is 49.8. The SMILES string of the molecule is CCCCC/C=C\CC1OC1C/C=C\C/C=C\CCCC(=O)OC[C@H](COP(=O)(O)OP(=O)(O)OC[C@H]1O[C@@H](n2ccc(N)nc2=O)[C@H](O)[C@@H]1O)OC(=O)CCCCCCCCCCCC(C)C. The molecule has 0 saturated carbocycles. The van der Waals surface area contributed by atoms with Crippen LogP contribution in [0.1, 0.15) is 162 Å². The molecule has 6 N–H and O–H groups in total. The van der Waals surface area contributed by atoms with E-state index in [1.54, 1.807) is 0 Å². The molecular weight excluding hydrogens is 924 g/mol. The van der Waals surface area contributed by atoms with Crippen molar-refractivity contribution in [2.45, 2.75) is 198 Å². The lowest BCUT2D eigenvalue weighted by Crippen LogP contribution is -2.36. The minimum Gasteiger partial charge on any atom is -0.462 e. The van der Waals surface area contributed by atoms with E-state index in [-0.39, 0.29) is 24.8 Å². The van der Waals surface area contributed by atoms with Crippen molar-refractivity contribution in [1.82, 2.24) is 9.55 Å². The number of nitrogens with two attached hydrogens (primary N) is 1. The third kappa shape index (κ3) is 25.7. The fourth-order valence-electron chi connectivity index (χ4n) is 7.35. The highest BCUT2D eigenvalue weighted by Gasteiger charge is 2.46. The van der Waals surface area contributed by atoms with Crippen LogP contribution in [0.2, 0.25) is 0 Å². The molecule has 2 fully saturated rings. The number of anilines is 1. The first-order valence-corrected chi connectivity index (χ1v) is 27.5. The Balaban J connectivity index is 1.42. The Bertz CT molecular complexity index is 1860. The molecule has 0 bridgehead atoms. The summed E-state index contributed by atoms with van der Waals surface area (Å²) in [7, 11) is -10.9. The molecular formula is C47H79N3O16P2. The molecule has 1 aromatic rings. The second kappa shape index (κ2) is 32.8. The predicted octanol–water partition coefficient (Wildman–Crippen LogP) is 8.45. The van der Waals surface area contributed by atoms with E-state index in [4.69, 9.17) is 33.7 Å². The smallest absolute Gasteiger partial charge is 0.462 e. The molecule has 19 nitrogen and oxygen atoms in total. The molecule has 21 heteroatoms. The van der Waals surface area contributed by atoms with Crippen molar-refractivity contribution in [1.29, 1.82) is 0 Å². The third-order valence-electron chi connectivity index (χ3n) is 11.3. The number of epoxide rings is 1. The lowest BCUT2D eigenvalue weighted by Gasteiger charge is -2.21. The third-order valence-corrected chi connectivity index (χ3v) is 13.9. The Morgan fingerprint density at radius 3 is 2.04 bits per heavy atom. The van der Waals surface area contributed by atoms with E-state index in [0.29, 0.717) is 25.4 Å². The summed E-state index contributed by atoms with van der Waals surface area (Å²) in [4.78, 5) is 61.8. The summed E-state index contributed by atoms with van der Waals surface area (Å²) >= 11 is 0. The summed E-state index contributed by atoms with van der Waals surface area (Å²) in [5, 5.41) is 20.9. The fraction of sp³-hybridized carbons (Fsp3) is 0.745. The second-order valence-corrected chi connectivity index (χ2v) is 20.9. The van der Waals surface area contributed by atoms with Crippen LogP contribution in [0.25, 0.3) is 0 Å². The van der Waals surface area contributed by atoms with Gasteiger partial charge < -0.3 is 44.7 Å². The van der Waals surface area contributed by atoms with Crippen molar-refractivity contribution in [3.8, 4) is 0 Å². The lowest BCUT2D eigenvalue weighted by molar-refractivity contribution is -0.161. The van der Waals surface area contributed by atoms with Crippen LogP contribution in [0.5, 0.6) is 0 Å². The van der Waals surface area contributed by atoms with Crippen LogP contribution < -0.4 is 11.4 Å². The van der Waals surface area contributed by atoms with Gasteiger partial charge in [0, 0.05) is 19.0 Å². The maximum absolute atomic E-state index is 12.8. The number of hydrogen-bond acceptors (Lipinski definition) is 16. The Morgan fingerprint density at radius 1 is 0.765 bits per heavy atom. The average Bonchev–Trinajstić information content (AvgIpc) is 3.97. The van der Waals surface area contributed by atoms with Gasteiger partial charge in [-0.2, -0.15) is 9.29 Å². The molecule has 3 rings (SSSR count).